The van der Waals surface area contributed by atoms with Crippen LogP contribution in [0, 0.1) is 0 Å². The van der Waals surface area contributed by atoms with Crippen molar-refractivity contribution < 1.29 is 22.8 Å². The van der Waals surface area contributed by atoms with Crippen molar-refractivity contribution in [2.45, 2.75) is 55.5 Å². The number of benzene rings is 2. The molecule has 1 aliphatic carbocycles. The maximum atomic E-state index is 13.4. The first-order valence-corrected chi connectivity index (χ1v) is 12.6. The van der Waals surface area contributed by atoms with Crippen molar-refractivity contribution in [3.05, 3.63) is 59.1 Å². The van der Waals surface area contributed by atoms with E-state index in [9.17, 15) is 22.8 Å². The smallest absolute Gasteiger partial charge is 0.257 e. The molecule has 33 heavy (non-hydrogen) atoms. The van der Waals surface area contributed by atoms with Crippen LogP contribution in [0.5, 0.6) is 0 Å². The quantitative estimate of drug-likeness (QED) is 0.626. The van der Waals surface area contributed by atoms with Gasteiger partial charge in [-0.2, -0.15) is 0 Å². The van der Waals surface area contributed by atoms with Crippen molar-refractivity contribution in [1.29, 1.82) is 0 Å². The van der Waals surface area contributed by atoms with Crippen LogP contribution in [-0.4, -0.2) is 43.1 Å². The van der Waals surface area contributed by atoms with Crippen LogP contribution in [0.3, 0.4) is 0 Å². The second kappa shape index (κ2) is 9.24. The van der Waals surface area contributed by atoms with Crippen LogP contribution >= 0.6 is 11.6 Å². The number of carbonyl (C=O) groups is 3. The lowest BCUT2D eigenvalue weighted by Crippen LogP contribution is -2.50. The van der Waals surface area contributed by atoms with Crippen LogP contribution in [0.2, 0.25) is 5.02 Å². The molecule has 2 aliphatic rings. The summed E-state index contributed by atoms with van der Waals surface area (Å²) in [5.74, 6) is -1.13. The highest BCUT2D eigenvalue weighted by Gasteiger charge is 2.46. The van der Waals surface area contributed by atoms with E-state index in [2.05, 4.69) is 0 Å². The number of imide groups is 1. The summed E-state index contributed by atoms with van der Waals surface area (Å²) in [6.45, 7) is 0. The van der Waals surface area contributed by atoms with Crippen molar-refractivity contribution in [2.75, 3.05) is 4.90 Å². The van der Waals surface area contributed by atoms with Crippen LogP contribution in [0.25, 0.3) is 0 Å². The van der Waals surface area contributed by atoms with Gasteiger partial charge in [-0.1, -0.05) is 36.6 Å². The Morgan fingerprint density at radius 2 is 1.64 bits per heavy atom. The first-order valence-electron chi connectivity index (χ1n) is 10.7. The number of nitrogens with two attached hydrogens (primary N) is 1. The Labute approximate surface area is 197 Å². The standard InChI is InChI=1S/C23H24ClN3O5S/c24-16-7-5-15(6-8-16)13-21(28)26(17-3-1-2-4-17)20-14-22(29)27(23(20)30)18-9-11-19(12-10-18)33(25,31)32/h5-12,17,20H,1-4,13-14H2,(H2,25,31,32). The summed E-state index contributed by atoms with van der Waals surface area (Å²) in [4.78, 5) is 42.0. The van der Waals surface area contributed by atoms with Crippen molar-refractivity contribution >= 4 is 45.0 Å². The van der Waals surface area contributed by atoms with Gasteiger partial charge in [0.05, 0.1) is 23.4 Å². The highest BCUT2D eigenvalue weighted by molar-refractivity contribution is 7.89. The van der Waals surface area contributed by atoms with Crippen molar-refractivity contribution in [1.82, 2.24) is 4.90 Å². The molecule has 1 heterocycles. The van der Waals surface area contributed by atoms with Gasteiger partial charge in [0.15, 0.2) is 0 Å². The van der Waals surface area contributed by atoms with Gasteiger partial charge in [-0.05, 0) is 54.8 Å². The second-order valence-electron chi connectivity index (χ2n) is 8.37. The molecule has 2 aromatic rings. The van der Waals surface area contributed by atoms with Crippen LogP contribution < -0.4 is 10.0 Å². The molecule has 3 amide bonds. The Morgan fingerprint density at radius 3 is 2.21 bits per heavy atom. The average Bonchev–Trinajstić information content (AvgIpc) is 3.38. The molecular formula is C23H24ClN3O5S. The summed E-state index contributed by atoms with van der Waals surface area (Å²) in [6.07, 6.45) is 3.49. The monoisotopic (exact) mass is 489 g/mol. The molecular weight excluding hydrogens is 466 g/mol. The number of hydrogen-bond donors (Lipinski definition) is 1. The van der Waals surface area contributed by atoms with E-state index in [1.807, 2.05) is 0 Å². The normalized spacial score (nSPS) is 19.3. The maximum Gasteiger partial charge on any atom is 0.257 e. The molecule has 174 valence electrons. The third kappa shape index (κ3) is 4.95. The number of primary sulfonamides is 1. The van der Waals surface area contributed by atoms with Crippen molar-refractivity contribution in [3.8, 4) is 0 Å². The predicted octanol–water partition coefficient (Wildman–Crippen LogP) is 2.63. The molecule has 4 rings (SSSR count). The maximum absolute atomic E-state index is 13.4. The Kier molecular flexibility index (Phi) is 6.56. The predicted molar refractivity (Wildman–Crippen MR) is 123 cm³/mol. The summed E-state index contributed by atoms with van der Waals surface area (Å²) >= 11 is 5.94. The summed E-state index contributed by atoms with van der Waals surface area (Å²) in [5, 5.41) is 5.69. The second-order valence-corrected chi connectivity index (χ2v) is 10.4. The summed E-state index contributed by atoms with van der Waals surface area (Å²) in [6, 6.07) is 11.2. The molecule has 0 aromatic heterocycles. The fraction of sp³-hybridized carbons (Fsp3) is 0.348. The molecule has 0 radical (unpaired) electrons. The van der Waals surface area contributed by atoms with Crippen LogP contribution in [0.4, 0.5) is 5.69 Å². The van der Waals surface area contributed by atoms with Gasteiger partial charge in [-0.3, -0.25) is 14.4 Å². The minimum atomic E-state index is -3.90. The zero-order valence-corrected chi connectivity index (χ0v) is 19.4. The van der Waals surface area contributed by atoms with Gasteiger partial charge in [-0.25, -0.2) is 18.5 Å². The van der Waals surface area contributed by atoms with Crippen molar-refractivity contribution in [3.63, 3.8) is 0 Å². The molecule has 2 aromatic carbocycles. The SMILES string of the molecule is NS(=O)(=O)c1ccc(N2C(=O)CC(N(C(=O)Cc3ccc(Cl)cc3)C3CCCC3)C2=O)cc1. The molecule has 2 N–H and O–H groups in total. The van der Waals surface area contributed by atoms with E-state index >= 15 is 0 Å². The molecule has 1 unspecified atom stereocenters. The Morgan fingerprint density at radius 1 is 1.03 bits per heavy atom. The number of anilines is 1. The van der Waals surface area contributed by atoms with Crippen LogP contribution in [0.15, 0.2) is 53.4 Å². The molecule has 1 atom stereocenters. The van der Waals surface area contributed by atoms with Gasteiger partial charge in [-0.15, -0.1) is 0 Å². The first-order chi connectivity index (χ1) is 15.6. The molecule has 1 saturated heterocycles. The van der Waals surface area contributed by atoms with E-state index < -0.39 is 27.9 Å². The van der Waals surface area contributed by atoms with Gasteiger partial charge in [0.1, 0.15) is 6.04 Å². The Hall–Kier alpha value is -2.75. The van der Waals surface area contributed by atoms with Gasteiger partial charge in [0, 0.05) is 11.1 Å². The minimum Gasteiger partial charge on any atom is -0.327 e. The van der Waals surface area contributed by atoms with E-state index in [1.54, 1.807) is 29.2 Å². The molecule has 0 bridgehead atoms. The molecule has 1 saturated carbocycles. The van der Waals surface area contributed by atoms with Crippen LogP contribution in [-0.2, 0) is 30.8 Å². The van der Waals surface area contributed by atoms with Gasteiger partial charge < -0.3 is 4.90 Å². The summed E-state index contributed by atoms with van der Waals surface area (Å²) in [7, 11) is -3.90. The van der Waals surface area contributed by atoms with Crippen LogP contribution in [0.1, 0.15) is 37.7 Å². The lowest BCUT2D eigenvalue weighted by Gasteiger charge is -2.33. The van der Waals surface area contributed by atoms with Gasteiger partial charge in [0.2, 0.25) is 21.8 Å². The number of nitrogens with zero attached hydrogens (tertiary/aromatic N) is 2. The highest BCUT2D eigenvalue weighted by atomic mass is 35.5. The number of rotatable bonds is 6. The third-order valence-corrected chi connectivity index (χ3v) is 7.34. The molecule has 10 heteroatoms. The zero-order valence-electron chi connectivity index (χ0n) is 17.8. The lowest BCUT2D eigenvalue weighted by atomic mass is 10.1. The van der Waals surface area contributed by atoms with E-state index in [0.717, 1.165) is 36.1 Å². The van der Waals surface area contributed by atoms with E-state index in [0.29, 0.717) is 5.02 Å². The zero-order chi connectivity index (χ0) is 23.8. The topological polar surface area (TPSA) is 118 Å². The molecule has 2 fully saturated rings. The largest absolute Gasteiger partial charge is 0.327 e. The molecule has 0 spiro atoms. The number of halogens is 1. The highest BCUT2D eigenvalue weighted by Crippen LogP contribution is 2.32. The number of amides is 3. The number of sulfonamides is 1. The van der Waals surface area contributed by atoms with Gasteiger partial charge in [0.25, 0.3) is 5.91 Å². The number of hydrogen-bond acceptors (Lipinski definition) is 5. The summed E-state index contributed by atoms with van der Waals surface area (Å²) in [5.41, 5.74) is 1.02. The minimum absolute atomic E-state index is 0.101. The fourth-order valence-corrected chi connectivity index (χ4v) is 5.21. The van der Waals surface area contributed by atoms with E-state index in [1.165, 1.54) is 24.3 Å². The van der Waals surface area contributed by atoms with Gasteiger partial charge >= 0.3 is 0 Å². The Balaban J connectivity index is 1.60. The fourth-order valence-electron chi connectivity index (χ4n) is 4.57. The average molecular weight is 490 g/mol. The van der Waals surface area contributed by atoms with E-state index in [-0.39, 0.29) is 35.4 Å². The molecule has 1 aliphatic heterocycles. The third-order valence-electron chi connectivity index (χ3n) is 6.16. The first kappa shape index (κ1) is 23.4. The lowest BCUT2D eigenvalue weighted by molar-refractivity contribution is -0.140. The molecule has 8 nitrogen and oxygen atoms in total. The van der Waals surface area contributed by atoms with Crippen molar-refractivity contribution in [2.24, 2.45) is 5.14 Å². The van der Waals surface area contributed by atoms with E-state index in [4.69, 9.17) is 16.7 Å². The summed E-state index contributed by atoms with van der Waals surface area (Å²) < 4.78 is 23.0. The Bertz CT molecular complexity index is 1180. The number of carbonyl (C=O) groups excluding carboxylic acids is 3.